The molecule has 23 rings (SSSR count). The van der Waals surface area contributed by atoms with Gasteiger partial charge in [0.15, 0.2) is 0 Å². The van der Waals surface area contributed by atoms with E-state index in [0.29, 0.717) is 54.8 Å². The van der Waals surface area contributed by atoms with Gasteiger partial charge in [-0.15, -0.1) is 0 Å². The summed E-state index contributed by atoms with van der Waals surface area (Å²) in [5.74, 6) is 0. The summed E-state index contributed by atoms with van der Waals surface area (Å²) < 4.78 is 171. The predicted octanol–water partition coefficient (Wildman–Crippen LogP) is 34.7. The Bertz CT molecular complexity index is 9360. The van der Waals surface area contributed by atoms with E-state index in [-0.39, 0.29) is 133 Å². The van der Waals surface area contributed by atoms with Crippen LogP contribution in [0.25, 0.3) is 121 Å². The van der Waals surface area contributed by atoms with Crippen LogP contribution < -0.4 is 31.1 Å². The summed E-state index contributed by atoms with van der Waals surface area (Å²) >= 11 is 0. The molecule has 0 atom stereocenters. The molecule has 0 radical (unpaired) electrons. The smallest absolute Gasteiger partial charge is 0.252 e. The van der Waals surface area contributed by atoms with Crippen molar-refractivity contribution in [2.24, 2.45) is 0 Å². The Labute approximate surface area is 894 Å². The maximum Gasteiger partial charge on any atom is 0.252 e. The molecule has 728 valence electrons. The number of hydrogen-bond acceptors (Lipinski definition) is 3. The zero-order valence-corrected chi connectivity index (χ0v) is 87.6. The van der Waals surface area contributed by atoms with Gasteiger partial charge in [-0.1, -0.05) is 385 Å². The fourth-order valence-corrected chi connectivity index (χ4v) is 22.6. The Morgan fingerprint density at radius 1 is 0.272 bits per heavy atom. The predicted molar refractivity (Wildman–Crippen MR) is 632 cm³/mol. The van der Waals surface area contributed by atoms with Gasteiger partial charge < -0.3 is 28.4 Å². The second-order valence-electron chi connectivity index (χ2n) is 46.7. The largest absolute Gasteiger partial charge is 0.342 e. The van der Waals surface area contributed by atoms with E-state index in [9.17, 15) is 16.4 Å². The van der Waals surface area contributed by atoms with Crippen LogP contribution in [0, 0.1) is 0 Å². The highest BCUT2D eigenvalue weighted by molar-refractivity contribution is 7.00. The van der Waals surface area contributed by atoms with Gasteiger partial charge in [-0.25, -0.2) is 0 Å². The third kappa shape index (κ3) is 17.9. The Kier molecular flexibility index (Phi) is 19.5. The first kappa shape index (κ1) is 77.3. The average Bonchev–Trinajstić information content (AvgIpc) is 0.953. The van der Waals surface area contributed by atoms with Gasteiger partial charge in [-0.2, -0.15) is 0 Å². The molecule has 0 unspecified atom stereocenters. The van der Waals surface area contributed by atoms with Crippen molar-refractivity contribution >= 4 is 123 Å². The van der Waals surface area contributed by atoms with E-state index < -0.39 is 73.2 Å². The lowest BCUT2D eigenvalue weighted by Crippen LogP contribution is -2.62. The van der Waals surface area contributed by atoms with Crippen molar-refractivity contribution in [1.29, 1.82) is 0 Å². The highest BCUT2D eigenvalue weighted by atomic mass is 15.2. The molecule has 0 bridgehead atoms. The molecule has 147 heavy (non-hydrogen) atoms. The highest BCUT2D eigenvalue weighted by Crippen LogP contribution is 2.50. The summed E-state index contributed by atoms with van der Waals surface area (Å²) in [6.07, 6.45) is 1.28. The first-order chi connectivity index (χ1) is 77.7. The molecule has 0 aliphatic carbocycles. The van der Waals surface area contributed by atoms with Crippen molar-refractivity contribution in [2.75, 3.05) is 27.8 Å². The summed E-state index contributed by atoms with van der Waals surface area (Å²) in [7, 11) is 0. The Morgan fingerprint density at radius 3 is 1.12 bits per heavy atom. The first-order valence-electron chi connectivity index (χ1n) is 60.5. The summed E-state index contributed by atoms with van der Waals surface area (Å²) in [5.41, 5.74) is 29.6. The van der Waals surface area contributed by atoms with E-state index in [2.05, 4.69) is 394 Å². The lowest BCUT2D eigenvalue weighted by Gasteiger charge is -2.45. The Hall–Kier alpha value is -15.2. The number of rotatable bonds is 21. The summed E-state index contributed by atoms with van der Waals surface area (Å²) in [6, 6.07) is 96.7. The molecule has 0 fully saturated rings. The zero-order chi connectivity index (χ0) is 116. The fourth-order valence-electron chi connectivity index (χ4n) is 22.6. The van der Waals surface area contributed by atoms with Gasteiger partial charge in [-0.3, -0.25) is 0 Å². The second-order valence-corrected chi connectivity index (χ2v) is 46.7. The van der Waals surface area contributed by atoms with Crippen LogP contribution in [0.2, 0.25) is 0 Å². The number of nitrogens with zero attached hydrogens (tertiary/aromatic N) is 6. The van der Waals surface area contributed by atoms with Crippen LogP contribution in [0.4, 0.5) is 34.1 Å². The molecule has 18 aromatic carbocycles. The van der Waals surface area contributed by atoms with Crippen LogP contribution in [-0.2, 0) is 64.8 Å². The molecule has 0 spiro atoms. The van der Waals surface area contributed by atoms with Crippen molar-refractivity contribution in [3.63, 3.8) is 0 Å². The molecule has 5 heterocycles. The Balaban J connectivity index is 0.803. The number of hydrogen-bond donors (Lipinski definition) is 0. The molecule has 7 heteroatoms. The van der Waals surface area contributed by atoms with Gasteiger partial charge in [0.05, 0.1) is 45.4 Å². The molecular weight excluding hydrogens is 1780 g/mol. The van der Waals surface area contributed by atoms with E-state index in [1.54, 1.807) is 24.3 Å². The van der Waals surface area contributed by atoms with Crippen LogP contribution in [0.1, 0.15) is 221 Å². The molecule has 6 nitrogen and oxygen atoms in total. The number of fused-ring (bicyclic) bond motifs is 13. The average molecular weight is 1930 g/mol. The molecule has 21 aromatic rings. The molecule has 0 saturated heterocycles. The van der Waals surface area contributed by atoms with E-state index in [1.807, 2.05) is 21.6 Å². The number of anilines is 6. The van der Waals surface area contributed by atoms with Gasteiger partial charge in [0.25, 0.3) is 6.71 Å². The van der Waals surface area contributed by atoms with E-state index in [1.165, 1.54) is 37.6 Å². The van der Waals surface area contributed by atoms with Gasteiger partial charge in [0.2, 0.25) is 0 Å². The van der Waals surface area contributed by atoms with Crippen LogP contribution in [0.15, 0.2) is 394 Å². The number of para-hydroxylation sites is 2. The normalized spacial score (nSPS) is 14.6. The van der Waals surface area contributed by atoms with Crippen molar-refractivity contribution in [3.05, 3.63) is 461 Å². The molecular formula is C140H135BN6. The summed E-state index contributed by atoms with van der Waals surface area (Å²) in [6.45, 7) is 40.9. The lowest BCUT2D eigenvalue weighted by molar-refractivity contribution is 0.590. The van der Waals surface area contributed by atoms with Gasteiger partial charge in [0.1, 0.15) is 0 Å². The lowest BCUT2D eigenvalue weighted by atomic mass is 9.33. The molecule has 0 amide bonds. The minimum atomic E-state index is -0.579. The van der Waals surface area contributed by atoms with Crippen LogP contribution in [0.5, 0.6) is 0 Å². The number of aromatic nitrogens is 3. The number of benzene rings is 18. The molecule has 2 aliphatic rings. The van der Waals surface area contributed by atoms with Crippen LogP contribution >= 0.6 is 0 Å². The first-order valence-corrected chi connectivity index (χ1v) is 52.0. The minimum absolute atomic E-state index is 0.0120. The molecule has 2 aliphatic heterocycles. The third-order valence-corrected chi connectivity index (χ3v) is 30.7. The topological polar surface area (TPSA) is 24.5 Å². The van der Waals surface area contributed by atoms with Gasteiger partial charge >= 0.3 is 0 Å². The quantitative estimate of drug-likeness (QED) is 0.0670. The maximum atomic E-state index is 11.0. The highest BCUT2D eigenvalue weighted by Gasteiger charge is 2.44. The van der Waals surface area contributed by atoms with E-state index >= 15 is 0 Å². The molecule has 3 aromatic heterocycles. The summed E-state index contributed by atoms with van der Waals surface area (Å²) in [5, 5.41) is 3.93. The van der Waals surface area contributed by atoms with Crippen molar-refractivity contribution < 1.29 is 23.3 Å². The molecule has 0 N–H and O–H groups in total. The third-order valence-electron chi connectivity index (χ3n) is 30.7. The van der Waals surface area contributed by atoms with Crippen LogP contribution in [0.3, 0.4) is 0 Å². The van der Waals surface area contributed by atoms with Crippen molar-refractivity contribution in [1.82, 2.24) is 13.7 Å². The minimum Gasteiger partial charge on any atom is -0.342 e. The fraction of sp³-hybridized carbons (Fsp3) is 0.229. The van der Waals surface area contributed by atoms with E-state index in [0.717, 1.165) is 139 Å². The van der Waals surface area contributed by atoms with Crippen LogP contribution in [-0.4, -0.2) is 33.5 Å². The standard InChI is InChI=1S/C140H135BN6/c1-135(2,3)100-56-70-124-117(82-100)118-83-101(136(4,5)6)57-71-125(118)144(124)90-95-55-69-123-131(81-95)145(91-121-115(98-45-30-22-31-46-98)88-105(140(16,17)18)89-116(121)99-47-32-23-33-48-99)133-80-94(79-132-134(133)141(123)122-68-54-93(77-92-39-24-19-25-40-92)78-130(122)143(132)75-38-51-110-113(96-41-26-20-27-42-96)86-104(139(13,14)15)87-114(110)97-43-28-21-29-44-97)74-76-142(106-60-64-108(65-61-106)146-126-52-36-34-49-111(126)112-50-35-37-53-127(112)146)107-62-66-109(67-63-107)147-128-72-58-102(137(7,8)9)84-119(128)120-85-103(138(10,11)12)59-73-129(120)147/h19-37,39-50,52-73,78-89H,38,51,74-77,90-91H2,1-18H3/i19D,24D,25D,34D,35D,36D,37D,39D,40D,49D,50D,52D,53D,62D,63D,66D,67D. The summed E-state index contributed by atoms with van der Waals surface area (Å²) in [4.78, 5) is 6.89. The van der Waals surface area contributed by atoms with E-state index in [4.69, 9.17) is 6.85 Å². The molecule has 0 saturated carbocycles. The maximum absolute atomic E-state index is 11.0. The van der Waals surface area contributed by atoms with Crippen molar-refractivity contribution in [3.8, 4) is 55.9 Å². The Morgan fingerprint density at radius 2 is 0.660 bits per heavy atom. The monoisotopic (exact) mass is 1930 g/mol. The zero-order valence-electron chi connectivity index (χ0n) is 105. The SMILES string of the molecule is [2H]c1c([2H])c([2H])c(Cc2ccc3c(c2)N(CCCc2c(-c4ccccc4)cc(C(C)(C)C)cc2-c2ccccc2)c2cc(CCN(c4ccc(-n5c6c([2H])c([2H])c([2H])c([2H])c6c6c([2H])c([2H])c([2H])c([2H])c65)cc4)c4c([2H])c([2H])c(-n5c6ccc(C(C)(C)C)cc6c6cc(C(C)(C)C)ccc65)c([2H])c4[2H])cc4c2B3c2ccc(Cn3c5ccc(C(C)(C)C)cc5c5cc(C(C)(C)C)ccc53)cc2N4Cc2c(-c3ccccc3)cc(C(C)(C)C)cc2-c2ccccc2)c([2H])c1[2H]. The van der Waals surface area contributed by atoms with Gasteiger partial charge in [0, 0.05) is 115 Å². The van der Waals surface area contributed by atoms with Crippen molar-refractivity contribution in [2.45, 2.75) is 196 Å². The van der Waals surface area contributed by atoms with Gasteiger partial charge in [-0.05, 0) is 319 Å². The second kappa shape index (κ2) is 37.1.